The molecular weight excluding hydrogens is 288 g/mol. The summed E-state index contributed by atoms with van der Waals surface area (Å²) in [5, 5.41) is 19.5. The molecule has 2 rings (SSSR count). The second-order valence-corrected chi connectivity index (χ2v) is 7.25. The molecule has 0 unspecified atom stereocenters. The summed E-state index contributed by atoms with van der Waals surface area (Å²) in [5.74, 6) is 0. The third-order valence-electron chi connectivity index (χ3n) is 3.66. The molecule has 0 aromatic heterocycles. The minimum absolute atomic E-state index is 0.0834. The molecule has 0 bridgehead atoms. The molecule has 0 aliphatic carbocycles. The van der Waals surface area contributed by atoms with Crippen LogP contribution in [0, 0.1) is 6.92 Å². The predicted molar refractivity (Wildman–Crippen MR) is 80.7 cm³/mol. The van der Waals surface area contributed by atoms with Crippen LogP contribution in [0.1, 0.15) is 11.1 Å². The number of benzene rings is 2. The summed E-state index contributed by atoms with van der Waals surface area (Å²) >= 11 is 0. The maximum Gasteiger partial charge on any atom is 0.192 e. The first-order valence-corrected chi connectivity index (χ1v) is 8.05. The van der Waals surface area contributed by atoms with Crippen LogP contribution in [-0.4, -0.2) is 31.8 Å². The number of sulfone groups is 1. The standard InChI is InChI=1S/C16H18O4S/c1-13-7-9-15(10-8-13)21(19,20)16(11-17,12-18)14-5-3-2-4-6-14/h2-10,17-18H,11-12H2,1H3. The molecule has 0 atom stereocenters. The second-order valence-electron chi connectivity index (χ2n) is 4.99. The highest BCUT2D eigenvalue weighted by atomic mass is 32.2. The maximum absolute atomic E-state index is 12.9. The summed E-state index contributed by atoms with van der Waals surface area (Å²) in [6, 6.07) is 14.7. The van der Waals surface area contributed by atoms with E-state index >= 15 is 0 Å². The van der Waals surface area contributed by atoms with Crippen LogP contribution in [0.15, 0.2) is 59.5 Å². The number of aliphatic hydroxyl groups is 2. The van der Waals surface area contributed by atoms with E-state index in [1.807, 2.05) is 6.92 Å². The minimum atomic E-state index is -3.93. The zero-order valence-corrected chi connectivity index (χ0v) is 12.5. The Bertz CT molecular complexity index is 687. The fourth-order valence-electron chi connectivity index (χ4n) is 2.24. The first kappa shape index (κ1) is 15.7. The van der Waals surface area contributed by atoms with Gasteiger partial charge in [0.1, 0.15) is 4.75 Å². The first-order chi connectivity index (χ1) is 9.98. The summed E-state index contributed by atoms with van der Waals surface area (Å²) < 4.78 is 24.1. The van der Waals surface area contributed by atoms with Crippen LogP contribution in [0.5, 0.6) is 0 Å². The van der Waals surface area contributed by atoms with Crippen molar-refractivity contribution >= 4 is 9.84 Å². The van der Waals surface area contributed by atoms with Gasteiger partial charge in [0.05, 0.1) is 18.1 Å². The van der Waals surface area contributed by atoms with Gasteiger partial charge in [0, 0.05) is 0 Å². The Kier molecular flexibility index (Phi) is 4.46. The van der Waals surface area contributed by atoms with Crippen LogP contribution >= 0.6 is 0 Å². The van der Waals surface area contributed by atoms with Crippen LogP contribution in [0.25, 0.3) is 0 Å². The van der Waals surface area contributed by atoms with Gasteiger partial charge < -0.3 is 10.2 Å². The molecule has 5 heteroatoms. The van der Waals surface area contributed by atoms with E-state index in [0.717, 1.165) is 5.56 Å². The van der Waals surface area contributed by atoms with E-state index < -0.39 is 27.8 Å². The quantitative estimate of drug-likeness (QED) is 0.881. The molecule has 0 amide bonds. The molecule has 0 spiro atoms. The molecule has 0 aliphatic rings. The van der Waals surface area contributed by atoms with Gasteiger partial charge in [0.25, 0.3) is 0 Å². The molecule has 0 fully saturated rings. The van der Waals surface area contributed by atoms with Gasteiger partial charge in [-0.25, -0.2) is 8.42 Å². The lowest BCUT2D eigenvalue weighted by Gasteiger charge is -2.30. The molecular formula is C16H18O4S. The molecule has 2 aromatic carbocycles. The topological polar surface area (TPSA) is 74.6 Å². The lowest BCUT2D eigenvalue weighted by Crippen LogP contribution is -2.43. The van der Waals surface area contributed by atoms with Crippen LogP contribution in [0.2, 0.25) is 0 Å². The molecule has 2 N–H and O–H groups in total. The first-order valence-electron chi connectivity index (χ1n) is 6.56. The zero-order valence-electron chi connectivity index (χ0n) is 11.7. The molecule has 0 aliphatic heterocycles. The monoisotopic (exact) mass is 306 g/mol. The Hall–Kier alpha value is -1.69. The van der Waals surface area contributed by atoms with Crippen molar-refractivity contribution in [1.29, 1.82) is 0 Å². The van der Waals surface area contributed by atoms with E-state index in [9.17, 15) is 18.6 Å². The second kappa shape index (κ2) is 5.97. The summed E-state index contributed by atoms with van der Waals surface area (Å²) in [6.45, 7) is 0.479. The Morgan fingerprint density at radius 1 is 0.905 bits per heavy atom. The van der Waals surface area contributed by atoms with Crippen molar-refractivity contribution in [2.24, 2.45) is 0 Å². The molecule has 21 heavy (non-hydrogen) atoms. The van der Waals surface area contributed by atoms with Crippen molar-refractivity contribution < 1.29 is 18.6 Å². The lowest BCUT2D eigenvalue weighted by atomic mass is 10.00. The Morgan fingerprint density at radius 3 is 1.90 bits per heavy atom. The van der Waals surface area contributed by atoms with E-state index in [1.165, 1.54) is 12.1 Å². The highest BCUT2D eigenvalue weighted by molar-refractivity contribution is 7.92. The van der Waals surface area contributed by atoms with Gasteiger partial charge in [-0.1, -0.05) is 48.0 Å². The van der Waals surface area contributed by atoms with Gasteiger partial charge in [0.15, 0.2) is 9.84 Å². The van der Waals surface area contributed by atoms with E-state index in [2.05, 4.69) is 0 Å². The average molecular weight is 306 g/mol. The van der Waals surface area contributed by atoms with Gasteiger partial charge in [0.2, 0.25) is 0 Å². The molecule has 0 heterocycles. The van der Waals surface area contributed by atoms with E-state index in [1.54, 1.807) is 42.5 Å². The third-order valence-corrected chi connectivity index (χ3v) is 6.07. The summed E-state index contributed by atoms with van der Waals surface area (Å²) in [5.41, 5.74) is 1.31. The van der Waals surface area contributed by atoms with Crippen molar-refractivity contribution in [3.8, 4) is 0 Å². The Balaban J connectivity index is 2.64. The van der Waals surface area contributed by atoms with Gasteiger partial charge in [-0.15, -0.1) is 0 Å². The fourth-order valence-corrected chi connectivity index (χ4v) is 3.97. The van der Waals surface area contributed by atoms with E-state index in [4.69, 9.17) is 0 Å². The average Bonchev–Trinajstić information content (AvgIpc) is 2.50. The smallest absolute Gasteiger partial charge is 0.192 e. The highest BCUT2D eigenvalue weighted by Crippen LogP contribution is 2.35. The van der Waals surface area contributed by atoms with E-state index in [-0.39, 0.29) is 4.90 Å². The predicted octanol–water partition coefficient (Wildman–Crippen LogP) is 1.65. The Labute approximate surface area is 124 Å². The largest absolute Gasteiger partial charge is 0.394 e. The van der Waals surface area contributed by atoms with Crippen LogP contribution in [-0.2, 0) is 14.6 Å². The van der Waals surface area contributed by atoms with Gasteiger partial charge in [-0.2, -0.15) is 0 Å². The van der Waals surface area contributed by atoms with Crippen molar-refractivity contribution in [1.82, 2.24) is 0 Å². The third kappa shape index (κ3) is 2.60. The van der Waals surface area contributed by atoms with Crippen LogP contribution in [0.3, 0.4) is 0 Å². The number of hydrogen-bond donors (Lipinski definition) is 2. The maximum atomic E-state index is 12.9. The zero-order chi connectivity index (χ0) is 15.5. The fraction of sp³-hybridized carbons (Fsp3) is 0.250. The Morgan fingerprint density at radius 2 is 1.43 bits per heavy atom. The minimum Gasteiger partial charge on any atom is -0.394 e. The van der Waals surface area contributed by atoms with Crippen molar-refractivity contribution in [2.75, 3.05) is 13.2 Å². The molecule has 0 saturated carbocycles. The summed E-state index contributed by atoms with van der Waals surface area (Å²) in [4.78, 5) is 0.0834. The number of aryl methyl sites for hydroxylation is 1. The molecule has 0 saturated heterocycles. The highest BCUT2D eigenvalue weighted by Gasteiger charge is 2.45. The molecule has 2 aromatic rings. The van der Waals surface area contributed by atoms with Crippen molar-refractivity contribution in [3.05, 3.63) is 65.7 Å². The van der Waals surface area contributed by atoms with Crippen LogP contribution in [0.4, 0.5) is 0 Å². The summed E-state index contributed by atoms with van der Waals surface area (Å²) in [7, 11) is -3.93. The van der Waals surface area contributed by atoms with E-state index in [0.29, 0.717) is 5.56 Å². The molecule has 4 nitrogen and oxygen atoms in total. The molecule has 112 valence electrons. The number of hydrogen-bond acceptors (Lipinski definition) is 4. The van der Waals surface area contributed by atoms with Gasteiger partial charge >= 0.3 is 0 Å². The normalized spacial score (nSPS) is 12.3. The van der Waals surface area contributed by atoms with Crippen molar-refractivity contribution in [2.45, 2.75) is 16.6 Å². The van der Waals surface area contributed by atoms with Crippen LogP contribution < -0.4 is 0 Å². The number of rotatable bonds is 5. The summed E-state index contributed by atoms with van der Waals surface area (Å²) in [6.07, 6.45) is 0. The van der Waals surface area contributed by atoms with Gasteiger partial charge in [-0.3, -0.25) is 0 Å². The van der Waals surface area contributed by atoms with Crippen molar-refractivity contribution in [3.63, 3.8) is 0 Å². The van der Waals surface area contributed by atoms with Gasteiger partial charge in [-0.05, 0) is 24.6 Å². The lowest BCUT2D eigenvalue weighted by molar-refractivity contribution is 0.166. The molecule has 0 radical (unpaired) electrons. The SMILES string of the molecule is Cc1ccc(S(=O)(=O)C(CO)(CO)c2ccccc2)cc1. The number of aliphatic hydroxyl groups excluding tert-OH is 2.